The summed E-state index contributed by atoms with van der Waals surface area (Å²) in [6.07, 6.45) is 10.9. The summed E-state index contributed by atoms with van der Waals surface area (Å²) in [6, 6.07) is 2.65. The smallest absolute Gasteiger partial charge is 0.0762 e. The summed E-state index contributed by atoms with van der Waals surface area (Å²) in [7, 11) is 1.96. The molecule has 4 nitrogen and oxygen atoms in total. The van der Waals surface area contributed by atoms with Crippen LogP contribution in [0, 0.1) is 0 Å². The van der Waals surface area contributed by atoms with E-state index in [4.69, 9.17) is 9.84 Å². The Bertz CT molecular complexity index is 404. The van der Waals surface area contributed by atoms with Gasteiger partial charge in [-0.05, 0) is 38.8 Å². The van der Waals surface area contributed by atoms with Crippen molar-refractivity contribution in [3.8, 4) is 0 Å². The van der Waals surface area contributed by atoms with Crippen LogP contribution >= 0.6 is 0 Å². The lowest BCUT2D eigenvalue weighted by atomic mass is 9.78. The molecule has 1 spiro atoms. The molecule has 106 valence electrons. The normalized spacial score (nSPS) is 26.7. The Morgan fingerprint density at radius 1 is 1.42 bits per heavy atom. The summed E-state index contributed by atoms with van der Waals surface area (Å²) in [5, 5.41) is 7.86. The summed E-state index contributed by atoms with van der Waals surface area (Å²) in [5.74, 6) is 0. The molecule has 1 aliphatic carbocycles. The zero-order valence-corrected chi connectivity index (χ0v) is 11.9. The third-order valence-electron chi connectivity index (χ3n) is 4.63. The van der Waals surface area contributed by atoms with E-state index in [1.54, 1.807) is 0 Å². The zero-order valence-electron chi connectivity index (χ0n) is 11.9. The lowest BCUT2D eigenvalue weighted by molar-refractivity contribution is -0.115. The third-order valence-corrected chi connectivity index (χ3v) is 4.63. The second kappa shape index (κ2) is 5.63. The maximum absolute atomic E-state index is 6.16. The topological polar surface area (TPSA) is 39.1 Å². The zero-order chi connectivity index (χ0) is 13.1. The molecule has 0 bridgehead atoms. The minimum atomic E-state index is 0.163. The summed E-state index contributed by atoms with van der Waals surface area (Å²) < 4.78 is 8.33. The summed E-state index contributed by atoms with van der Waals surface area (Å²) in [6.45, 7) is 1.74. The summed E-state index contributed by atoms with van der Waals surface area (Å²) in [5.41, 5.74) is 1.29. The second-order valence-electron chi connectivity index (χ2n) is 6.06. The fourth-order valence-corrected chi connectivity index (χ4v) is 3.63. The molecule has 1 aromatic heterocycles. The van der Waals surface area contributed by atoms with E-state index in [1.807, 2.05) is 7.05 Å². The number of ether oxygens (including phenoxy) is 1. The molecule has 1 aromatic rings. The average molecular weight is 263 g/mol. The third kappa shape index (κ3) is 2.84. The Morgan fingerprint density at radius 2 is 2.26 bits per heavy atom. The molecule has 0 amide bonds. The fourth-order valence-electron chi connectivity index (χ4n) is 3.63. The van der Waals surface area contributed by atoms with E-state index in [9.17, 15) is 0 Å². The van der Waals surface area contributed by atoms with Gasteiger partial charge in [-0.3, -0.25) is 4.68 Å². The highest BCUT2D eigenvalue weighted by Gasteiger charge is 2.39. The van der Waals surface area contributed by atoms with Crippen molar-refractivity contribution in [2.24, 2.45) is 0 Å². The SMILES string of the molecule is CNCc1ccn(C2CCOC3(CCCCC3)C2)n1. The molecular formula is C15H25N3O. The Hall–Kier alpha value is -0.870. The molecule has 1 atom stereocenters. The molecule has 4 heteroatoms. The van der Waals surface area contributed by atoms with Gasteiger partial charge in [-0.1, -0.05) is 19.3 Å². The van der Waals surface area contributed by atoms with Gasteiger partial charge in [0.1, 0.15) is 0 Å². The first-order chi connectivity index (χ1) is 9.31. The predicted molar refractivity (Wildman–Crippen MR) is 75.0 cm³/mol. The van der Waals surface area contributed by atoms with Crippen LogP contribution in [0.5, 0.6) is 0 Å². The van der Waals surface area contributed by atoms with Crippen molar-refractivity contribution in [3.63, 3.8) is 0 Å². The predicted octanol–water partition coefficient (Wildman–Crippen LogP) is 2.66. The molecule has 1 saturated heterocycles. The van der Waals surface area contributed by atoms with Crippen molar-refractivity contribution in [1.82, 2.24) is 15.1 Å². The molecule has 3 rings (SSSR count). The van der Waals surface area contributed by atoms with Gasteiger partial charge in [0.15, 0.2) is 0 Å². The van der Waals surface area contributed by atoms with Gasteiger partial charge < -0.3 is 10.1 Å². The Labute approximate surface area is 115 Å². The van der Waals surface area contributed by atoms with Crippen molar-refractivity contribution in [2.75, 3.05) is 13.7 Å². The van der Waals surface area contributed by atoms with Gasteiger partial charge in [-0.15, -0.1) is 0 Å². The number of aromatic nitrogens is 2. The highest BCUT2D eigenvalue weighted by Crippen LogP contribution is 2.42. The Kier molecular flexibility index (Phi) is 3.89. The first-order valence-corrected chi connectivity index (χ1v) is 7.64. The average Bonchev–Trinajstić information content (AvgIpc) is 2.89. The highest BCUT2D eigenvalue weighted by molar-refractivity contribution is 5.01. The van der Waals surface area contributed by atoms with Crippen molar-refractivity contribution < 1.29 is 4.74 Å². The number of rotatable bonds is 3. The van der Waals surface area contributed by atoms with E-state index in [2.05, 4.69) is 22.3 Å². The van der Waals surface area contributed by atoms with Crippen LogP contribution in [0.4, 0.5) is 0 Å². The molecule has 19 heavy (non-hydrogen) atoms. The molecule has 1 N–H and O–H groups in total. The number of nitrogens with zero attached hydrogens (tertiary/aromatic N) is 2. The van der Waals surface area contributed by atoms with E-state index < -0.39 is 0 Å². The minimum Gasteiger partial charge on any atom is -0.375 e. The van der Waals surface area contributed by atoms with Crippen LogP contribution in [-0.2, 0) is 11.3 Å². The molecule has 2 fully saturated rings. The lowest BCUT2D eigenvalue weighted by Crippen LogP contribution is -2.42. The van der Waals surface area contributed by atoms with Gasteiger partial charge in [0, 0.05) is 19.3 Å². The molecule has 0 radical (unpaired) electrons. The maximum Gasteiger partial charge on any atom is 0.0762 e. The minimum absolute atomic E-state index is 0.163. The van der Waals surface area contributed by atoms with Crippen molar-refractivity contribution in [3.05, 3.63) is 18.0 Å². The van der Waals surface area contributed by atoms with Gasteiger partial charge in [-0.2, -0.15) is 5.10 Å². The van der Waals surface area contributed by atoms with Crippen LogP contribution in [0.2, 0.25) is 0 Å². The highest BCUT2D eigenvalue weighted by atomic mass is 16.5. The van der Waals surface area contributed by atoms with Crippen molar-refractivity contribution in [2.45, 2.75) is 63.1 Å². The number of hydrogen-bond donors (Lipinski definition) is 1. The maximum atomic E-state index is 6.16. The molecule has 2 heterocycles. The molecular weight excluding hydrogens is 238 g/mol. The van der Waals surface area contributed by atoms with Crippen molar-refractivity contribution in [1.29, 1.82) is 0 Å². The van der Waals surface area contributed by atoms with E-state index >= 15 is 0 Å². The second-order valence-corrected chi connectivity index (χ2v) is 6.06. The molecule has 1 unspecified atom stereocenters. The van der Waals surface area contributed by atoms with E-state index in [1.165, 1.54) is 32.1 Å². The van der Waals surface area contributed by atoms with Crippen LogP contribution in [0.3, 0.4) is 0 Å². The largest absolute Gasteiger partial charge is 0.375 e. The lowest BCUT2D eigenvalue weighted by Gasteiger charge is -2.43. The monoisotopic (exact) mass is 263 g/mol. The van der Waals surface area contributed by atoms with E-state index in [0.29, 0.717) is 6.04 Å². The van der Waals surface area contributed by atoms with Gasteiger partial charge in [0.05, 0.1) is 17.3 Å². The Morgan fingerprint density at radius 3 is 3.05 bits per heavy atom. The van der Waals surface area contributed by atoms with Gasteiger partial charge >= 0.3 is 0 Å². The fraction of sp³-hybridized carbons (Fsp3) is 0.800. The standard InChI is InChI=1S/C15H25N3O/c1-16-12-13-5-9-18(17-13)14-6-10-19-15(11-14)7-3-2-4-8-15/h5,9,14,16H,2-4,6-8,10-12H2,1H3. The van der Waals surface area contributed by atoms with Crippen LogP contribution in [0.25, 0.3) is 0 Å². The van der Waals surface area contributed by atoms with Gasteiger partial charge in [0.2, 0.25) is 0 Å². The van der Waals surface area contributed by atoms with Crippen LogP contribution in [0.1, 0.15) is 56.7 Å². The molecule has 1 aliphatic heterocycles. The van der Waals surface area contributed by atoms with Crippen LogP contribution in [-0.4, -0.2) is 29.0 Å². The van der Waals surface area contributed by atoms with Crippen molar-refractivity contribution >= 4 is 0 Å². The Balaban J connectivity index is 1.69. The van der Waals surface area contributed by atoms with Crippen LogP contribution in [0.15, 0.2) is 12.3 Å². The number of hydrogen-bond acceptors (Lipinski definition) is 3. The summed E-state index contributed by atoms with van der Waals surface area (Å²) in [4.78, 5) is 0. The first kappa shape index (κ1) is 13.1. The first-order valence-electron chi connectivity index (χ1n) is 7.64. The quantitative estimate of drug-likeness (QED) is 0.911. The number of nitrogens with one attached hydrogen (secondary N) is 1. The van der Waals surface area contributed by atoms with E-state index in [-0.39, 0.29) is 5.60 Å². The molecule has 1 saturated carbocycles. The van der Waals surface area contributed by atoms with E-state index in [0.717, 1.165) is 31.7 Å². The molecule has 2 aliphatic rings. The summed E-state index contributed by atoms with van der Waals surface area (Å²) >= 11 is 0. The van der Waals surface area contributed by atoms with Gasteiger partial charge in [0.25, 0.3) is 0 Å². The van der Waals surface area contributed by atoms with Crippen LogP contribution < -0.4 is 5.32 Å². The van der Waals surface area contributed by atoms with Gasteiger partial charge in [-0.25, -0.2) is 0 Å². The molecule has 0 aromatic carbocycles.